The molecule has 0 bridgehead atoms. The standard InChI is InChI=1S/C22H30N2O5/c1-14-12-18(20-15(2)16(3)22(26)29-19(20)13-14)28-17(4)21(25)23-6-5-7-24-8-10-27-11-9-24/h12-13,17H,5-11H2,1-4H3,(H,23,25)/t17-/m0/s1. The van der Waals surface area contributed by atoms with Crippen LogP contribution in [-0.2, 0) is 9.53 Å². The molecule has 0 radical (unpaired) electrons. The van der Waals surface area contributed by atoms with Gasteiger partial charge in [0.2, 0.25) is 0 Å². The van der Waals surface area contributed by atoms with Gasteiger partial charge < -0.3 is 19.2 Å². The van der Waals surface area contributed by atoms with Crippen molar-refractivity contribution in [3.63, 3.8) is 0 Å². The van der Waals surface area contributed by atoms with Crippen LogP contribution in [0.3, 0.4) is 0 Å². The summed E-state index contributed by atoms with van der Waals surface area (Å²) in [5, 5.41) is 3.68. The predicted molar refractivity (Wildman–Crippen MR) is 112 cm³/mol. The molecule has 7 nitrogen and oxygen atoms in total. The van der Waals surface area contributed by atoms with Crippen LogP contribution in [-0.4, -0.2) is 56.3 Å². The van der Waals surface area contributed by atoms with E-state index in [9.17, 15) is 9.59 Å². The average Bonchev–Trinajstić information content (AvgIpc) is 2.69. The number of nitrogens with zero attached hydrogens (tertiary/aromatic N) is 1. The van der Waals surface area contributed by atoms with Crippen LogP contribution in [0.4, 0.5) is 0 Å². The summed E-state index contributed by atoms with van der Waals surface area (Å²) in [6, 6.07) is 3.68. The quantitative estimate of drug-likeness (QED) is 0.566. The number of nitrogens with one attached hydrogen (secondary N) is 1. The maximum Gasteiger partial charge on any atom is 0.339 e. The maximum atomic E-state index is 12.5. The van der Waals surface area contributed by atoms with Gasteiger partial charge in [-0.15, -0.1) is 0 Å². The van der Waals surface area contributed by atoms with Crippen molar-refractivity contribution in [2.45, 2.75) is 40.2 Å². The van der Waals surface area contributed by atoms with Gasteiger partial charge in [-0.1, -0.05) is 0 Å². The molecular formula is C22H30N2O5. The fourth-order valence-electron chi connectivity index (χ4n) is 3.51. The lowest BCUT2D eigenvalue weighted by Crippen LogP contribution is -2.40. The number of morpholine rings is 1. The maximum absolute atomic E-state index is 12.5. The van der Waals surface area contributed by atoms with E-state index in [1.54, 1.807) is 13.8 Å². The van der Waals surface area contributed by atoms with Crippen molar-refractivity contribution in [2.24, 2.45) is 0 Å². The molecule has 1 aliphatic heterocycles. The van der Waals surface area contributed by atoms with Crippen LogP contribution in [0, 0.1) is 20.8 Å². The second-order valence-electron chi connectivity index (χ2n) is 7.63. The Bertz CT molecular complexity index is 931. The Labute approximate surface area is 171 Å². The number of benzene rings is 1. The Kier molecular flexibility index (Phi) is 6.92. The predicted octanol–water partition coefficient (Wildman–Crippen LogP) is 2.32. The van der Waals surface area contributed by atoms with Crippen molar-refractivity contribution >= 4 is 16.9 Å². The van der Waals surface area contributed by atoms with Crippen molar-refractivity contribution in [3.05, 3.63) is 39.2 Å². The van der Waals surface area contributed by atoms with Gasteiger partial charge in [0.25, 0.3) is 5.91 Å². The summed E-state index contributed by atoms with van der Waals surface area (Å²) < 4.78 is 16.8. The zero-order chi connectivity index (χ0) is 21.0. The van der Waals surface area contributed by atoms with Crippen LogP contribution in [0.25, 0.3) is 11.0 Å². The van der Waals surface area contributed by atoms with Crippen molar-refractivity contribution in [2.75, 3.05) is 39.4 Å². The number of hydrogen-bond donors (Lipinski definition) is 1. The monoisotopic (exact) mass is 402 g/mol. The molecule has 2 heterocycles. The minimum Gasteiger partial charge on any atom is -0.480 e. The number of carbonyl (C=O) groups excluding carboxylic acids is 1. The number of hydrogen-bond acceptors (Lipinski definition) is 6. The third kappa shape index (κ3) is 5.16. The number of amides is 1. The molecule has 158 valence electrons. The van der Waals surface area contributed by atoms with E-state index in [-0.39, 0.29) is 11.5 Å². The van der Waals surface area contributed by atoms with E-state index in [2.05, 4.69) is 10.2 Å². The van der Waals surface area contributed by atoms with Crippen LogP contribution >= 0.6 is 0 Å². The van der Waals surface area contributed by atoms with Crippen molar-refractivity contribution in [1.29, 1.82) is 0 Å². The van der Waals surface area contributed by atoms with Gasteiger partial charge in [0.15, 0.2) is 6.10 Å². The van der Waals surface area contributed by atoms with Gasteiger partial charge in [-0.05, 0) is 63.9 Å². The fraction of sp³-hybridized carbons (Fsp3) is 0.545. The van der Waals surface area contributed by atoms with Gasteiger partial charge in [-0.3, -0.25) is 9.69 Å². The first-order chi connectivity index (χ1) is 13.9. The molecule has 7 heteroatoms. The molecule has 1 atom stereocenters. The highest BCUT2D eigenvalue weighted by atomic mass is 16.5. The summed E-state index contributed by atoms with van der Waals surface area (Å²) >= 11 is 0. The first-order valence-corrected chi connectivity index (χ1v) is 10.2. The first-order valence-electron chi connectivity index (χ1n) is 10.2. The highest BCUT2D eigenvalue weighted by molar-refractivity contribution is 5.89. The molecule has 0 unspecified atom stereocenters. The Morgan fingerprint density at radius 3 is 2.66 bits per heavy atom. The zero-order valence-electron chi connectivity index (χ0n) is 17.7. The average molecular weight is 402 g/mol. The number of fused-ring (bicyclic) bond motifs is 1. The second kappa shape index (κ2) is 9.41. The molecule has 0 spiro atoms. The minimum atomic E-state index is -0.657. The molecule has 29 heavy (non-hydrogen) atoms. The van der Waals surface area contributed by atoms with Gasteiger partial charge >= 0.3 is 5.63 Å². The summed E-state index contributed by atoms with van der Waals surface area (Å²) in [5.74, 6) is 0.397. The second-order valence-corrected chi connectivity index (χ2v) is 7.63. The first kappa shape index (κ1) is 21.3. The molecule has 0 saturated carbocycles. The molecule has 1 fully saturated rings. The normalized spacial score (nSPS) is 16.0. The molecule has 1 amide bonds. The number of carbonyl (C=O) groups is 1. The van der Waals surface area contributed by atoms with Gasteiger partial charge in [0, 0.05) is 25.2 Å². The van der Waals surface area contributed by atoms with E-state index in [1.165, 1.54) is 0 Å². The van der Waals surface area contributed by atoms with E-state index in [1.807, 2.05) is 26.0 Å². The van der Waals surface area contributed by atoms with Crippen LogP contribution in [0.2, 0.25) is 0 Å². The summed E-state index contributed by atoms with van der Waals surface area (Å²) in [4.78, 5) is 26.8. The van der Waals surface area contributed by atoms with Crippen LogP contribution < -0.4 is 15.7 Å². The topological polar surface area (TPSA) is 81.0 Å². The van der Waals surface area contributed by atoms with E-state index in [0.29, 0.717) is 23.4 Å². The van der Waals surface area contributed by atoms with Crippen molar-refractivity contribution < 1.29 is 18.7 Å². The lowest BCUT2D eigenvalue weighted by Gasteiger charge is -2.26. The van der Waals surface area contributed by atoms with Crippen molar-refractivity contribution in [3.8, 4) is 5.75 Å². The van der Waals surface area contributed by atoms with Gasteiger partial charge in [-0.2, -0.15) is 0 Å². The molecule has 0 aliphatic carbocycles. The summed E-state index contributed by atoms with van der Waals surface area (Å²) in [7, 11) is 0. The van der Waals surface area contributed by atoms with E-state index < -0.39 is 6.10 Å². The molecule has 1 saturated heterocycles. The van der Waals surface area contributed by atoms with Crippen LogP contribution in [0.1, 0.15) is 30.0 Å². The third-order valence-corrected chi connectivity index (χ3v) is 5.38. The zero-order valence-corrected chi connectivity index (χ0v) is 17.7. The lowest BCUT2D eigenvalue weighted by atomic mass is 10.0. The Morgan fingerprint density at radius 1 is 1.21 bits per heavy atom. The summed E-state index contributed by atoms with van der Waals surface area (Å²) in [6.45, 7) is 12.2. The molecule has 1 aromatic heterocycles. The Morgan fingerprint density at radius 2 is 1.93 bits per heavy atom. The summed E-state index contributed by atoms with van der Waals surface area (Å²) in [6.07, 6.45) is 0.227. The molecule has 2 aromatic rings. The molecule has 1 aliphatic rings. The fourth-order valence-corrected chi connectivity index (χ4v) is 3.51. The SMILES string of the molecule is Cc1cc(O[C@@H](C)C(=O)NCCCN2CCOCC2)c2c(C)c(C)c(=O)oc2c1. The van der Waals surface area contributed by atoms with Crippen molar-refractivity contribution in [1.82, 2.24) is 10.2 Å². The minimum absolute atomic E-state index is 0.159. The van der Waals surface area contributed by atoms with Gasteiger partial charge in [-0.25, -0.2) is 4.79 Å². The van der Waals surface area contributed by atoms with E-state index in [4.69, 9.17) is 13.9 Å². The Hall–Kier alpha value is -2.38. The molecule has 1 N–H and O–H groups in total. The van der Waals surface area contributed by atoms with Crippen LogP contribution in [0.5, 0.6) is 5.75 Å². The number of aryl methyl sites for hydroxylation is 2. The largest absolute Gasteiger partial charge is 0.480 e. The smallest absolute Gasteiger partial charge is 0.339 e. The summed E-state index contributed by atoms with van der Waals surface area (Å²) in [5.41, 5.74) is 2.39. The molecular weight excluding hydrogens is 372 g/mol. The Balaban J connectivity index is 1.63. The van der Waals surface area contributed by atoms with E-state index >= 15 is 0 Å². The number of rotatable bonds is 7. The highest BCUT2D eigenvalue weighted by Crippen LogP contribution is 2.31. The van der Waals surface area contributed by atoms with Crippen LogP contribution in [0.15, 0.2) is 21.3 Å². The molecule has 1 aromatic carbocycles. The molecule has 3 rings (SSSR count). The lowest BCUT2D eigenvalue weighted by molar-refractivity contribution is -0.127. The third-order valence-electron chi connectivity index (χ3n) is 5.38. The highest BCUT2D eigenvalue weighted by Gasteiger charge is 2.19. The van der Waals surface area contributed by atoms with Gasteiger partial charge in [0.05, 0.1) is 18.6 Å². The van der Waals surface area contributed by atoms with Gasteiger partial charge in [0.1, 0.15) is 11.3 Å². The van der Waals surface area contributed by atoms with E-state index in [0.717, 1.165) is 55.8 Å². The number of ether oxygens (including phenoxy) is 2.